The van der Waals surface area contributed by atoms with Crippen molar-refractivity contribution in [1.82, 2.24) is 4.90 Å². The van der Waals surface area contributed by atoms with Crippen molar-refractivity contribution in [1.29, 1.82) is 5.26 Å². The normalized spacial score (nSPS) is 10.1. The van der Waals surface area contributed by atoms with E-state index in [2.05, 4.69) is 5.32 Å². The van der Waals surface area contributed by atoms with Crippen LogP contribution in [0.25, 0.3) is 0 Å². The summed E-state index contributed by atoms with van der Waals surface area (Å²) in [5.41, 5.74) is 0.151. The first-order chi connectivity index (χ1) is 9.04. The molecule has 1 N–H and O–H groups in total. The fraction of sp³-hybridized carbons (Fsp3) is 0.429. The minimum absolute atomic E-state index is 0.151. The van der Waals surface area contributed by atoms with E-state index in [9.17, 15) is 9.18 Å². The van der Waals surface area contributed by atoms with Crippen LogP contribution in [0.1, 0.15) is 20.3 Å². The first kappa shape index (κ1) is 15.0. The van der Waals surface area contributed by atoms with Crippen molar-refractivity contribution < 1.29 is 9.18 Å². The van der Waals surface area contributed by atoms with Crippen molar-refractivity contribution in [2.24, 2.45) is 5.92 Å². The molecule has 0 fully saturated rings. The van der Waals surface area contributed by atoms with Gasteiger partial charge in [0.2, 0.25) is 0 Å². The first-order valence-corrected chi connectivity index (χ1v) is 6.22. The predicted octanol–water partition coefficient (Wildman–Crippen LogP) is 3.23. The molecule has 0 radical (unpaired) electrons. The Balaban J connectivity index is 2.71. The number of carbonyl (C=O) groups is 1. The Kier molecular flexibility index (Phi) is 5.80. The average molecular weight is 263 g/mol. The van der Waals surface area contributed by atoms with E-state index in [0.717, 1.165) is 0 Å². The Labute approximate surface area is 112 Å². The maximum absolute atomic E-state index is 13.4. The molecule has 0 aromatic heterocycles. The molecule has 0 heterocycles. The Morgan fingerprint density at radius 3 is 2.74 bits per heavy atom. The topological polar surface area (TPSA) is 56.1 Å². The monoisotopic (exact) mass is 263 g/mol. The van der Waals surface area contributed by atoms with Crippen LogP contribution in [0.2, 0.25) is 0 Å². The fourth-order valence-electron chi connectivity index (χ4n) is 1.66. The molecule has 102 valence electrons. The van der Waals surface area contributed by atoms with E-state index in [4.69, 9.17) is 5.26 Å². The molecule has 5 heteroatoms. The number of para-hydroxylation sites is 1. The number of nitrogens with zero attached hydrogens (tertiary/aromatic N) is 2. The van der Waals surface area contributed by atoms with Crippen LogP contribution in [0.15, 0.2) is 24.3 Å². The standard InChI is InChI=1S/C14H18FN3O/c1-11(2)10-18(9-5-8-16)14(19)17-13-7-4-3-6-12(13)15/h3-4,6-7,11H,5,9-10H2,1-2H3,(H,17,19). The molecular formula is C14H18FN3O. The van der Waals surface area contributed by atoms with Gasteiger partial charge in [-0.2, -0.15) is 5.26 Å². The summed E-state index contributed by atoms with van der Waals surface area (Å²) in [7, 11) is 0. The van der Waals surface area contributed by atoms with Crippen LogP contribution >= 0.6 is 0 Å². The van der Waals surface area contributed by atoms with Gasteiger partial charge >= 0.3 is 6.03 Å². The molecule has 0 bridgehead atoms. The third kappa shape index (κ3) is 4.96. The number of nitriles is 1. The highest BCUT2D eigenvalue weighted by Gasteiger charge is 2.15. The number of hydrogen-bond donors (Lipinski definition) is 1. The number of urea groups is 1. The minimum Gasteiger partial charge on any atom is -0.323 e. The van der Waals surface area contributed by atoms with Crippen LogP contribution in [0.4, 0.5) is 14.9 Å². The van der Waals surface area contributed by atoms with Gasteiger partial charge in [0.1, 0.15) is 5.82 Å². The summed E-state index contributed by atoms with van der Waals surface area (Å²) in [5, 5.41) is 11.1. The maximum Gasteiger partial charge on any atom is 0.321 e. The third-order valence-corrected chi connectivity index (χ3v) is 2.48. The van der Waals surface area contributed by atoms with Gasteiger partial charge in [-0.15, -0.1) is 0 Å². The molecule has 0 aliphatic heterocycles. The van der Waals surface area contributed by atoms with E-state index < -0.39 is 5.82 Å². The Morgan fingerprint density at radius 2 is 2.16 bits per heavy atom. The first-order valence-electron chi connectivity index (χ1n) is 6.22. The second-order valence-electron chi connectivity index (χ2n) is 4.66. The number of anilines is 1. The quantitative estimate of drug-likeness (QED) is 0.886. The van der Waals surface area contributed by atoms with Crippen LogP contribution in [0.3, 0.4) is 0 Å². The zero-order chi connectivity index (χ0) is 14.3. The highest BCUT2D eigenvalue weighted by atomic mass is 19.1. The van der Waals surface area contributed by atoms with Crippen molar-refractivity contribution in [3.05, 3.63) is 30.1 Å². The van der Waals surface area contributed by atoms with Crippen molar-refractivity contribution >= 4 is 11.7 Å². The van der Waals surface area contributed by atoms with Gasteiger partial charge in [0.05, 0.1) is 18.2 Å². The molecule has 2 amide bonds. The Morgan fingerprint density at radius 1 is 1.47 bits per heavy atom. The summed E-state index contributed by atoms with van der Waals surface area (Å²) in [6.45, 7) is 4.84. The van der Waals surface area contributed by atoms with Gasteiger partial charge < -0.3 is 10.2 Å². The van der Waals surface area contributed by atoms with Gasteiger partial charge in [-0.3, -0.25) is 0 Å². The molecule has 0 aliphatic carbocycles. The van der Waals surface area contributed by atoms with Crippen LogP contribution in [-0.4, -0.2) is 24.0 Å². The predicted molar refractivity (Wildman–Crippen MR) is 72.1 cm³/mol. The number of amides is 2. The summed E-state index contributed by atoms with van der Waals surface area (Å²) in [4.78, 5) is 13.6. The van der Waals surface area contributed by atoms with Crippen molar-refractivity contribution in [2.75, 3.05) is 18.4 Å². The van der Waals surface area contributed by atoms with Gasteiger partial charge in [-0.25, -0.2) is 9.18 Å². The molecule has 0 spiro atoms. The van der Waals surface area contributed by atoms with Crippen molar-refractivity contribution in [3.8, 4) is 6.07 Å². The van der Waals surface area contributed by atoms with Crippen LogP contribution in [0.5, 0.6) is 0 Å². The molecule has 0 aliphatic rings. The minimum atomic E-state index is -0.472. The van der Waals surface area contributed by atoms with E-state index in [1.54, 1.807) is 12.1 Å². The largest absolute Gasteiger partial charge is 0.323 e. The van der Waals surface area contributed by atoms with E-state index in [0.29, 0.717) is 13.1 Å². The van der Waals surface area contributed by atoms with Gasteiger partial charge in [0, 0.05) is 13.1 Å². The van der Waals surface area contributed by atoms with Crippen LogP contribution < -0.4 is 5.32 Å². The molecule has 4 nitrogen and oxygen atoms in total. The maximum atomic E-state index is 13.4. The lowest BCUT2D eigenvalue weighted by Gasteiger charge is -2.24. The number of halogens is 1. The zero-order valence-electron chi connectivity index (χ0n) is 11.2. The average Bonchev–Trinajstić information content (AvgIpc) is 2.36. The van der Waals surface area contributed by atoms with Crippen molar-refractivity contribution in [2.45, 2.75) is 20.3 Å². The molecule has 0 atom stereocenters. The molecule has 0 saturated carbocycles. The lowest BCUT2D eigenvalue weighted by atomic mass is 10.2. The van der Waals surface area contributed by atoms with E-state index >= 15 is 0 Å². The highest BCUT2D eigenvalue weighted by molar-refractivity contribution is 5.89. The number of nitrogens with one attached hydrogen (secondary N) is 1. The summed E-state index contributed by atoms with van der Waals surface area (Å²) >= 11 is 0. The molecule has 1 aromatic rings. The molecule has 1 rings (SSSR count). The third-order valence-electron chi connectivity index (χ3n) is 2.48. The van der Waals surface area contributed by atoms with Gasteiger partial charge in [-0.05, 0) is 18.1 Å². The molecular weight excluding hydrogens is 245 g/mol. The van der Waals surface area contributed by atoms with Crippen molar-refractivity contribution in [3.63, 3.8) is 0 Å². The second-order valence-corrected chi connectivity index (χ2v) is 4.66. The van der Waals surface area contributed by atoms with Crippen LogP contribution in [-0.2, 0) is 0 Å². The smallest absolute Gasteiger partial charge is 0.321 e. The molecule has 0 saturated heterocycles. The van der Waals surface area contributed by atoms with Gasteiger partial charge in [0.25, 0.3) is 0 Å². The van der Waals surface area contributed by atoms with E-state index in [-0.39, 0.29) is 24.1 Å². The summed E-state index contributed by atoms with van der Waals surface area (Å²) in [6.07, 6.45) is 0.261. The number of rotatable bonds is 5. The lowest BCUT2D eigenvalue weighted by Crippen LogP contribution is -2.38. The SMILES string of the molecule is CC(C)CN(CCC#N)C(=O)Nc1ccccc1F. The van der Waals surface area contributed by atoms with Crippen LogP contribution in [0, 0.1) is 23.1 Å². The summed E-state index contributed by atoms with van der Waals surface area (Å²) in [5.74, 6) is -0.189. The summed E-state index contributed by atoms with van der Waals surface area (Å²) in [6, 6.07) is 7.64. The Bertz CT molecular complexity index is 468. The van der Waals surface area contributed by atoms with Gasteiger partial charge in [0.15, 0.2) is 0 Å². The number of benzene rings is 1. The summed E-state index contributed by atoms with van der Waals surface area (Å²) < 4.78 is 13.4. The molecule has 0 unspecified atom stereocenters. The van der Waals surface area contributed by atoms with Gasteiger partial charge in [-0.1, -0.05) is 26.0 Å². The number of hydrogen-bond acceptors (Lipinski definition) is 2. The fourth-order valence-corrected chi connectivity index (χ4v) is 1.66. The zero-order valence-corrected chi connectivity index (χ0v) is 11.2. The van der Waals surface area contributed by atoms with E-state index in [1.165, 1.54) is 17.0 Å². The second kappa shape index (κ2) is 7.37. The lowest BCUT2D eigenvalue weighted by molar-refractivity contribution is 0.206. The molecule has 19 heavy (non-hydrogen) atoms. The Hall–Kier alpha value is -2.09. The highest BCUT2D eigenvalue weighted by Crippen LogP contribution is 2.13. The molecule has 1 aromatic carbocycles. The number of carbonyl (C=O) groups excluding carboxylic acids is 1. The van der Waals surface area contributed by atoms with E-state index in [1.807, 2.05) is 19.9 Å².